The molecule has 1 aromatic rings. The van der Waals surface area contributed by atoms with Crippen LogP contribution in [0.25, 0.3) is 0 Å². The van der Waals surface area contributed by atoms with Crippen molar-refractivity contribution < 1.29 is 28.3 Å². The lowest BCUT2D eigenvalue weighted by Crippen LogP contribution is -2.61. The van der Waals surface area contributed by atoms with Gasteiger partial charge in [0.25, 0.3) is 0 Å². The molecule has 1 aromatic carbocycles. The molecule has 0 bridgehead atoms. The van der Waals surface area contributed by atoms with Crippen LogP contribution in [-0.4, -0.2) is 56.9 Å². The summed E-state index contributed by atoms with van der Waals surface area (Å²) in [6.45, 7) is 10.8. The first-order valence-corrected chi connectivity index (χ1v) is 13.6. The maximum atomic E-state index is 13.1. The molecular formula is C23H35NO6Si. The Balaban J connectivity index is 2.30. The number of rotatable bonds is 7. The highest BCUT2D eigenvalue weighted by atomic mass is 28.4. The molecule has 1 heterocycles. The molecule has 8 heteroatoms. The molecule has 1 aliphatic rings. The van der Waals surface area contributed by atoms with Gasteiger partial charge in [0, 0.05) is 6.42 Å². The number of piperidine rings is 1. The van der Waals surface area contributed by atoms with E-state index in [1.165, 1.54) is 12.0 Å². The highest BCUT2D eigenvalue weighted by Gasteiger charge is 2.48. The first-order valence-electron chi connectivity index (χ1n) is 10.7. The topological polar surface area (TPSA) is 82.1 Å². The molecule has 0 unspecified atom stereocenters. The number of esters is 1. The van der Waals surface area contributed by atoms with E-state index in [9.17, 15) is 14.4 Å². The number of hydrogen-bond acceptors (Lipinski definition) is 6. The Bertz CT molecular complexity index is 761. The van der Waals surface area contributed by atoms with E-state index in [0.29, 0.717) is 12.8 Å². The van der Waals surface area contributed by atoms with Crippen LogP contribution in [-0.2, 0) is 30.1 Å². The number of benzene rings is 1. The van der Waals surface area contributed by atoms with Gasteiger partial charge in [0.2, 0.25) is 0 Å². The van der Waals surface area contributed by atoms with E-state index >= 15 is 0 Å². The highest BCUT2D eigenvalue weighted by Crippen LogP contribution is 2.40. The summed E-state index contributed by atoms with van der Waals surface area (Å²) in [4.78, 5) is 38.5. The van der Waals surface area contributed by atoms with Crippen molar-refractivity contribution in [2.75, 3.05) is 7.11 Å². The third-order valence-electron chi connectivity index (χ3n) is 6.33. The molecule has 31 heavy (non-hydrogen) atoms. The summed E-state index contributed by atoms with van der Waals surface area (Å²) in [5, 5.41) is -0.0312. The van der Waals surface area contributed by atoms with E-state index in [2.05, 4.69) is 33.9 Å². The Hall–Kier alpha value is -2.19. The fourth-order valence-corrected chi connectivity index (χ4v) is 4.93. The molecule has 3 atom stereocenters. The molecule has 2 rings (SSSR count). The van der Waals surface area contributed by atoms with Gasteiger partial charge in [0.1, 0.15) is 18.9 Å². The number of hydrogen-bond donors (Lipinski definition) is 0. The Labute approximate surface area is 186 Å². The van der Waals surface area contributed by atoms with Gasteiger partial charge >= 0.3 is 12.1 Å². The molecule has 1 aliphatic heterocycles. The normalized spacial score (nSPS) is 22.0. The average Bonchev–Trinajstić information content (AvgIpc) is 2.72. The van der Waals surface area contributed by atoms with Gasteiger partial charge in [-0.15, -0.1) is 0 Å². The van der Waals surface area contributed by atoms with Crippen LogP contribution >= 0.6 is 0 Å². The Morgan fingerprint density at radius 2 is 1.81 bits per heavy atom. The summed E-state index contributed by atoms with van der Waals surface area (Å²) < 4.78 is 17.1. The largest absolute Gasteiger partial charge is 0.467 e. The second-order valence-corrected chi connectivity index (χ2v) is 14.2. The van der Waals surface area contributed by atoms with Crippen molar-refractivity contribution in [2.45, 2.75) is 83.0 Å². The predicted molar refractivity (Wildman–Crippen MR) is 120 cm³/mol. The van der Waals surface area contributed by atoms with Crippen molar-refractivity contribution in [1.82, 2.24) is 4.90 Å². The number of ether oxygens (including phenoxy) is 2. The van der Waals surface area contributed by atoms with Gasteiger partial charge in [-0.05, 0) is 36.5 Å². The number of nitrogens with zero attached hydrogens (tertiary/aromatic N) is 1. The monoisotopic (exact) mass is 449 g/mol. The van der Waals surface area contributed by atoms with Crippen molar-refractivity contribution >= 4 is 26.7 Å². The van der Waals surface area contributed by atoms with Gasteiger partial charge in [-0.25, -0.2) is 9.59 Å². The zero-order chi connectivity index (χ0) is 23.2. The number of carbonyl (C=O) groups is 3. The molecular weight excluding hydrogens is 414 g/mol. The number of amides is 1. The third kappa shape index (κ3) is 6.17. The minimum absolute atomic E-state index is 0.0312. The van der Waals surface area contributed by atoms with E-state index in [0.717, 1.165) is 11.8 Å². The minimum Gasteiger partial charge on any atom is -0.467 e. The Kier molecular flexibility index (Phi) is 8.42. The molecule has 0 aliphatic carbocycles. The van der Waals surface area contributed by atoms with Gasteiger partial charge in [-0.1, -0.05) is 51.1 Å². The quantitative estimate of drug-likeness (QED) is 0.350. The summed E-state index contributed by atoms with van der Waals surface area (Å²) in [5.74, 6) is -0.515. The number of aldehydes is 1. The molecule has 0 aromatic heterocycles. The van der Waals surface area contributed by atoms with Crippen LogP contribution < -0.4 is 0 Å². The molecule has 1 amide bonds. The first kappa shape index (κ1) is 25.1. The maximum absolute atomic E-state index is 13.1. The highest BCUT2D eigenvalue weighted by molar-refractivity contribution is 6.74. The lowest BCUT2D eigenvalue weighted by molar-refractivity contribution is -0.151. The molecule has 1 fully saturated rings. The molecule has 172 valence electrons. The smallest absolute Gasteiger partial charge is 0.411 e. The first-order chi connectivity index (χ1) is 14.5. The zero-order valence-electron chi connectivity index (χ0n) is 19.4. The van der Waals surface area contributed by atoms with E-state index in [-0.39, 0.29) is 24.2 Å². The van der Waals surface area contributed by atoms with Gasteiger partial charge in [-0.2, -0.15) is 0 Å². The second-order valence-electron chi connectivity index (χ2n) is 9.45. The second kappa shape index (κ2) is 10.4. The minimum atomic E-state index is -2.17. The molecule has 0 radical (unpaired) electrons. The van der Waals surface area contributed by atoms with Crippen LogP contribution in [0.1, 0.15) is 45.6 Å². The summed E-state index contributed by atoms with van der Waals surface area (Å²) in [7, 11) is -0.873. The summed E-state index contributed by atoms with van der Waals surface area (Å²) >= 11 is 0. The predicted octanol–water partition coefficient (Wildman–Crippen LogP) is 4.31. The van der Waals surface area contributed by atoms with Crippen molar-refractivity contribution in [1.29, 1.82) is 0 Å². The fourth-order valence-electron chi connectivity index (χ4n) is 3.54. The van der Waals surface area contributed by atoms with Crippen LogP contribution in [0, 0.1) is 0 Å². The van der Waals surface area contributed by atoms with E-state index in [1.807, 2.05) is 30.3 Å². The molecule has 0 N–H and O–H groups in total. The molecule has 0 spiro atoms. The van der Waals surface area contributed by atoms with Crippen LogP contribution in [0.4, 0.5) is 4.79 Å². The maximum Gasteiger partial charge on any atom is 0.411 e. The molecule has 1 saturated heterocycles. The Morgan fingerprint density at radius 3 is 2.35 bits per heavy atom. The van der Waals surface area contributed by atoms with Gasteiger partial charge in [-0.3, -0.25) is 4.90 Å². The number of likely N-dealkylation sites (tertiary alicyclic amines) is 1. The summed E-state index contributed by atoms with van der Waals surface area (Å²) in [6.07, 6.45) is 0.789. The number of methoxy groups -OCH3 is 1. The summed E-state index contributed by atoms with van der Waals surface area (Å²) in [6, 6.07) is 7.91. The fraction of sp³-hybridized carbons (Fsp3) is 0.609. The molecule has 0 saturated carbocycles. The van der Waals surface area contributed by atoms with E-state index in [1.54, 1.807) is 0 Å². The number of carbonyl (C=O) groups excluding carboxylic acids is 3. The summed E-state index contributed by atoms with van der Waals surface area (Å²) in [5.41, 5.74) is 0.837. The lowest BCUT2D eigenvalue weighted by atomic mass is 9.91. The zero-order valence-corrected chi connectivity index (χ0v) is 20.4. The average molecular weight is 450 g/mol. The Morgan fingerprint density at radius 1 is 1.16 bits per heavy atom. The van der Waals surface area contributed by atoms with E-state index < -0.39 is 32.5 Å². The third-order valence-corrected chi connectivity index (χ3v) is 10.8. The van der Waals surface area contributed by atoms with Crippen LogP contribution in [0.5, 0.6) is 0 Å². The lowest BCUT2D eigenvalue weighted by Gasteiger charge is -2.48. The molecule has 7 nitrogen and oxygen atoms in total. The standard InChI is InChI=1S/C23H35NO6Si/c1-23(2,3)31(5,6)30-20-13-12-19(21(26)28-4)24(18(20)14-15-25)22(27)29-16-17-10-8-7-9-11-17/h7-11,15,18-20H,12-14,16H2,1-6H3/t18-,19-,20-/m0/s1. The van der Waals surface area contributed by atoms with Gasteiger partial charge < -0.3 is 18.7 Å². The van der Waals surface area contributed by atoms with Gasteiger partial charge in [0.15, 0.2) is 8.32 Å². The van der Waals surface area contributed by atoms with Crippen LogP contribution in [0.3, 0.4) is 0 Å². The SMILES string of the molecule is COC(=O)[C@@H]1CC[C@H](O[Si](C)(C)C(C)(C)C)[C@H](CC=O)N1C(=O)OCc1ccccc1. The van der Waals surface area contributed by atoms with Gasteiger partial charge in [0.05, 0.1) is 19.3 Å². The van der Waals surface area contributed by atoms with Crippen molar-refractivity contribution in [3.8, 4) is 0 Å². The van der Waals surface area contributed by atoms with Crippen molar-refractivity contribution in [3.63, 3.8) is 0 Å². The van der Waals surface area contributed by atoms with E-state index in [4.69, 9.17) is 13.9 Å². The van der Waals surface area contributed by atoms with Crippen LogP contribution in [0.15, 0.2) is 30.3 Å². The van der Waals surface area contributed by atoms with Crippen LogP contribution in [0.2, 0.25) is 18.1 Å². The van der Waals surface area contributed by atoms with Crippen molar-refractivity contribution in [3.05, 3.63) is 35.9 Å². The van der Waals surface area contributed by atoms with Crippen molar-refractivity contribution in [2.24, 2.45) is 0 Å².